The fraction of sp³-hybridized carbons (Fsp3) is 0.357. The van der Waals surface area contributed by atoms with Crippen molar-refractivity contribution < 1.29 is 4.79 Å². The van der Waals surface area contributed by atoms with E-state index in [1.165, 1.54) is 5.56 Å². The first-order chi connectivity index (χ1) is 9.33. The van der Waals surface area contributed by atoms with Crippen molar-refractivity contribution in [2.45, 2.75) is 18.9 Å². The van der Waals surface area contributed by atoms with Gasteiger partial charge in [0.1, 0.15) is 0 Å². The van der Waals surface area contributed by atoms with E-state index in [0.29, 0.717) is 18.9 Å². The third kappa shape index (κ3) is 2.65. The van der Waals surface area contributed by atoms with Crippen LogP contribution >= 0.6 is 0 Å². The van der Waals surface area contributed by atoms with Crippen LogP contribution in [0.3, 0.4) is 0 Å². The molecule has 0 saturated carbocycles. The van der Waals surface area contributed by atoms with Gasteiger partial charge in [0.05, 0.1) is 0 Å². The maximum atomic E-state index is 12.0. The van der Waals surface area contributed by atoms with E-state index in [9.17, 15) is 4.79 Å². The molecule has 2 aromatic rings. The van der Waals surface area contributed by atoms with Crippen LogP contribution in [0.1, 0.15) is 17.9 Å². The summed E-state index contributed by atoms with van der Waals surface area (Å²) in [5.41, 5.74) is 1.27. The number of amides is 1. The molecule has 3 heterocycles. The molecule has 0 unspecified atom stereocenters. The summed E-state index contributed by atoms with van der Waals surface area (Å²) in [5, 5.41) is 4.09. The highest BCUT2D eigenvalue weighted by atomic mass is 16.2. The Labute approximate surface area is 111 Å². The Morgan fingerprint density at radius 2 is 2.05 bits per heavy atom. The summed E-state index contributed by atoms with van der Waals surface area (Å²) in [6, 6.07) is 5.92. The summed E-state index contributed by atoms with van der Waals surface area (Å²) < 4.78 is 1.79. The van der Waals surface area contributed by atoms with Crippen molar-refractivity contribution in [2.24, 2.45) is 0 Å². The van der Waals surface area contributed by atoms with Crippen LogP contribution in [0.2, 0.25) is 0 Å². The molecule has 0 radical (unpaired) electrons. The van der Waals surface area contributed by atoms with Gasteiger partial charge in [0, 0.05) is 56.8 Å². The monoisotopic (exact) mass is 256 g/mol. The lowest BCUT2D eigenvalue weighted by Crippen LogP contribution is -2.48. The zero-order valence-corrected chi connectivity index (χ0v) is 10.6. The molecule has 0 aliphatic carbocycles. The first kappa shape index (κ1) is 11.9. The fourth-order valence-corrected chi connectivity index (χ4v) is 2.33. The minimum atomic E-state index is 0.209. The molecule has 0 spiro atoms. The predicted octanol–water partition coefficient (Wildman–Crippen LogP) is 1.29. The van der Waals surface area contributed by atoms with Crippen LogP contribution in [0.5, 0.6) is 0 Å². The van der Waals surface area contributed by atoms with Gasteiger partial charge in [-0.25, -0.2) is 0 Å². The van der Waals surface area contributed by atoms with E-state index >= 15 is 0 Å². The molecule has 5 heteroatoms. The molecule has 0 bridgehead atoms. The van der Waals surface area contributed by atoms with Crippen LogP contribution in [0.25, 0.3) is 0 Å². The Morgan fingerprint density at radius 3 is 2.74 bits per heavy atom. The van der Waals surface area contributed by atoms with Gasteiger partial charge in [-0.1, -0.05) is 0 Å². The number of aryl methyl sites for hydroxylation is 1. The number of hydrogen-bond acceptors (Lipinski definition) is 3. The minimum absolute atomic E-state index is 0.209. The summed E-state index contributed by atoms with van der Waals surface area (Å²) in [4.78, 5) is 17.9. The molecule has 19 heavy (non-hydrogen) atoms. The van der Waals surface area contributed by atoms with Crippen LogP contribution in [0.15, 0.2) is 43.0 Å². The Morgan fingerprint density at radius 1 is 1.26 bits per heavy atom. The first-order valence-electron chi connectivity index (χ1n) is 6.48. The maximum Gasteiger partial charge on any atom is 0.224 e. The largest absolute Gasteiger partial charge is 0.341 e. The topological polar surface area (TPSA) is 51.0 Å². The second-order valence-electron chi connectivity index (χ2n) is 4.80. The summed E-state index contributed by atoms with van der Waals surface area (Å²) in [6.45, 7) is 2.30. The number of carbonyl (C=O) groups excluding carboxylic acids is 1. The van der Waals surface area contributed by atoms with Crippen molar-refractivity contribution in [3.8, 4) is 0 Å². The summed E-state index contributed by atoms with van der Waals surface area (Å²) >= 11 is 0. The third-order valence-corrected chi connectivity index (χ3v) is 3.53. The summed E-state index contributed by atoms with van der Waals surface area (Å²) in [5.74, 6) is 0.678. The van der Waals surface area contributed by atoms with Gasteiger partial charge in [-0.05, 0) is 23.8 Å². The molecule has 1 fully saturated rings. The lowest BCUT2D eigenvalue weighted by atomic mass is 9.92. The number of carbonyl (C=O) groups is 1. The van der Waals surface area contributed by atoms with Crippen molar-refractivity contribution in [3.63, 3.8) is 0 Å². The Hall–Kier alpha value is -2.17. The normalized spacial score (nSPS) is 15.3. The van der Waals surface area contributed by atoms with Gasteiger partial charge in [0.25, 0.3) is 0 Å². The summed E-state index contributed by atoms with van der Waals surface area (Å²) in [7, 11) is 0. The molecule has 5 nitrogen and oxygen atoms in total. The van der Waals surface area contributed by atoms with Gasteiger partial charge in [-0.2, -0.15) is 5.10 Å². The second-order valence-corrected chi connectivity index (χ2v) is 4.80. The van der Waals surface area contributed by atoms with Crippen LogP contribution < -0.4 is 0 Å². The van der Waals surface area contributed by atoms with E-state index in [1.54, 1.807) is 23.3 Å². The van der Waals surface area contributed by atoms with E-state index in [4.69, 9.17) is 0 Å². The van der Waals surface area contributed by atoms with Crippen molar-refractivity contribution >= 4 is 5.91 Å². The summed E-state index contributed by atoms with van der Waals surface area (Å²) in [6.07, 6.45) is 7.73. The van der Waals surface area contributed by atoms with Crippen molar-refractivity contribution in [3.05, 3.63) is 48.5 Å². The van der Waals surface area contributed by atoms with E-state index < -0.39 is 0 Å². The molecule has 1 amide bonds. The Kier molecular flexibility index (Phi) is 3.27. The van der Waals surface area contributed by atoms with Gasteiger partial charge in [0.2, 0.25) is 5.91 Å². The molecule has 0 aromatic carbocycles. The smallest absolute Gasteiger partial charge is 0.224 e. The molecule has 0 atom stereocenters. The van der Waals surface area contributed by atoms with Gasteiger partial charge in [-0.15, -0.1) is 0 Å². The average Bonchev–Trinajstić information content (AvgIpc) is 2.89. The van der Waals surface area contributed by atoms with Gasteiger partial charge in [0.15, 0.2) is 0 Å². The predicted molar refractivity (Wildman–Crippen MR) is 70.4 cm³/mol. The number of hydrogen-bond donors (Lipinski definition) is 0. The van der Waals surface area contributed by atoms with E-state index in [2.05, 4.69) is 10.1 Å². The molecule has 0 N–H and O–H groups in total. The van der Waals surface area contributed by atoms with Gasteiger partial charge in [-0.3, -0.25) is 14.5 Å². The van der Waals surface area contributed by atoms with Crippen LogP contribution in [-0.2, 0) is 11.3 Å². The molecular formula is C14H16N4O. The molecule has 1 aliphatic heterocycles. The van der Waals surface area contributed by atoms with E-state index in [1.807, 2.05) is 29.3 Å². The highest BCUT2D eigenvalue weighted by molar-refractivity contribution is 5.77. The lowest BCUT2D eigenvalue weighted by molar-refractivity contribution is -0.135. The van der Waals surface area contributed by atoms with Crippen molar-refractivity contribution in [2.75, 3.05) is 13.1 Å². The Balaban J connectivity index is 1.47. The van der Waals surface area contributed by atoms with Gasteiger partial charge >= 0.3 is 0 Å². The highest BCUT2D eigenvalue weighted by Gasteiger charge is 2.31. The van der Waals surface area contributed by atoms with E-state index in [0.717, 1.165) is 13.1 Å². The molecule has 1 saturated heterocycles. The zero-order valence-electron chi connectivity index (χ0n) is 10.6. The van der Waals surface area contributed by atoms with Crippen LogP contribution in [-0.4, -0.2) is 38.7 Å². The lowest BCUT2D eigenvalue weighted by Gasteiger charge is -2.39. The number of nitrogens with zero attached hydrogens (tertiary/aromatic N) is 4. The molecule has 2 aromatic heterocycles. The molecule has 98 valence electrons. The van der Waals surface area contributed by atoms with Crippen molar-refractivity contribution in [1.82, 2.24) is 19.7 Å². The van der Waals surface area contributed by atoms with Crippen LogP contribution in [0.4, 0.5) is 0 Å². The standard InChI is InChI=1S/C14H16N4O/c19-14(4-9-18-8-1-5-16-18)17-10-13(11-17)12-2-6-15-7-3-12/h1-3,5-8,13H,4,9-11H2. The first-order valence-corrected chi connectivity index (χ1v) is 6.48. The minimum Gasteiger partial charge on any atom is -0.341 e. The van der Waals surface area contributed by atoms with E-state index in [-0.39, 0.29) is 5.91 Å². The second kappa shape index (κ2) is 5.22. The van der Waals surface area contributed by atoms with Gasteiger partial charge < -0.3 is 4.90 Å². The molecule has 1 aliphatic rings. The number of likely N-dealkylation sites (tertiary alicyclic amines) is 1. The number of rotatable bonds is 4. The highest BCUT2D eigenvalue weighted by Crippen LogP contribution is 2.26. The third-order valence-electron chi connectivity index (χ3n) is 3.53. The maximum absolute atomic E-state index is 12.0. The number of pyridine rings is 1. The molecular weight excluding hydrogens is 240 g/mol. The SMILES string of the molecule is O=C(CCn1cccn1)N1CC(c2ccncc2)C1. The quantitative estimate of drug-likeness (QED) is 0.828. The fourth-order valence-electron chi connectivity index (χ4n) is 2.33. The van der Waals surface area contributed by atoms with Crippen LogP contribution in [0, 0.1) is 0 Å². The average molecular weight is 256 g/mol. The zero-order chi connectivity index (χ0) is 13.1. The molecule has 3 rings (SSSR count). The number of aromatic nitrogens is 3. The van der Waals surface area contributed by atoms with Crippen molar-refractivity contribution in [1.29, 1.82) is 0 Å². The Bertz CT molecular complexity index is 532.